The predicted molar refractivity (Wildman–Crippen MR) is 71.0 cm³/mol. The fourth-order valence-corrected chi connectivity index (χ4v) is 2.00. The van der Waals surface area contributed by atoms with Crippen molar-refractivity contribution in [2.45, 2.75) is 19.0 Å². The number of hydrogen-bond acceptors (Lipinski definition) is 3. The molecule has 0 saturated heterocycles. The molecule has 2 unspecified atom stereocenters. The molecule has 0 amide bonds. The molecule has 2 rings (SSSR count). The Labute approximate surface area is 107 Å². The predicted octanol–water partition coefficient (Wildman–Crippen LogP) is 1.80. The Bertz CT molecular complexity index is 481. The van der Waals surface area contributed by atoms with Crippen molar-refractivity contribution in [1.82, 2.24) is 15.1 Å². The minimum Gasteiger partial charge on any atom is -0.394 e. The summed E-state index contributed by atoms with van der Waals surface area (Å²) in [5.74, 6) is 0. The minimum atomic E-state index is -0.0543. The third kappa shape index (κ3) is 2.97. The molecule has 2 aromatic rings. The Morgan fingerprint density at radius 2 is 2.00 bits per heavy atom. The van der Waals surface area contributed by atoms with Gasteiger partial charge in [0.15, 0.2) is 0 Å². The van der Waals surface area contributed by atoms with Crippen LogP contribution in [-0.2, 0) is 7.05 Å². The second kappa shape index (κ2) is 5.80. The Morgan fingerprint density at radius 3 is 2.56 bits per heavy atom. The van der Waals surface area contributed by atoms with E-state index in [1.165, 1.54) is 0 Å². The molecule has 0 aliphatic carbocycles. The van der Waals surface area contributed by atoms with Crippen molar-refractivity contribution in [3.8, 4) is 0 Å². The average molecular weight is 245 g/mol. The van der Waals surface area contributed by atoms with E-state index in [1.54, 1.807) is 4.68 Å². The summed E-state index contributed by atoms with van der Waals surface area (Å²) in [7, 11) is 1.90. The van der Waals surface area contributed by atoms with Gasteiger partial charge in [0.2, 0.25) is 0 Å². The second-order valence-corrected chi connectivity index (χ2v) is 4.48. The topological polar surface area (TPSA) is 50.1 Å². The zero-order valence-corrected chi connectivity index (χ0v) is 10.7. The molecule has 0 aliphatic rings. The lowest BCUT2D eigenvalue weighted by atomic mass is 10.1. The zero-order chi connectivity index (χ0) is 13.0. The second-order valence-electron chi connectivity index (χ2n) is 4.48. The smallest absolute Gasteiger partial charge is 0.0626 e. The Balaban J connectivity index is 2.07. The van der Waals surface area contributed by atoms with Crippen LogP contribution in [0.3, 0.4) is 0 Å². The lowest BCUT2D eigenvalue weighted by Gasteiger charge is -2.21. The zero-order valence-electron chi connectivity index (χ0n) is 10.7. The molecule has 1 aromatic carbocycles. The molecular weight excluding hydrogens is 226 g/mol. The Kier molecular flexibility index (Phi) is 4.12. The van der Waals surface area contributed by atoms with E-state index in [2.05, 4.69) is 17.3 Å². The average Bonchev–Trinajstić information content (AvgIpc) is 2.83. The molecule has 96 valence electrons. The van der Waals surface area contributed by atoms with E-state index in [1.807, 2.05) is 49.8 Å². The van der Waals surface area contributed by atoms with Crippen LogP contribution in [0.1, 0.15) is 30.1 Å². The van der Waals surface area contributed by atoms with Crippen molar-refractivity contribution in [1.29, 1.82) is 0 Å². The highest BCUT2D eigenvalue weighted by molar-refractivity contribution is 5.20. The summed E-state index contributed by atoms with van der Waals surface area (Å²) in [6.07, 6.45) is 3.83. The minimum absolute atomic E-state index is 0.0543. The Morgan fingerprint density at radius 1 is 1.28 bits per heavy atom. The third-order valence-corrected chi connectivity index (χ3v) is 3.06. The lowest BCUT2D eigenvalue weighted by Crippen LogP contribution is -2.27. The summed E-state index contributed by atoms with van der Waals surface area (Å²) in [5, 5.41) is 17.1. The van der Waals surface area contributed by atoms with E-state index < -0.39 is 0 Å². The molecule has 0 bridgehead atoms. The van der Waals surface area contributed by atoms with Crippen LogP contribution < -0.4 is 5.32 Å². The molecule has 4 heteroatoms. The highest BCUT2D eigenvalue weighted by Gasteiger charge is 2.15. The number of rotatable bonds is 5. The first-order valence-electron chi connectivity index (χ1n) is 6.11. The molecule has 2 N–H and O–H groups in total. The molecule has 4 nitrogen and oxygen atoms in total. The monoisotopic (exact) mass is 245 g/mol. The summed E-state index contributed by atoms with van der Waals surface area (Å²) in [4.78, 5) is 0. The maximum absolute atomic E-state index is 9.50. The number of aliphatic hydroxyl groups excluding tert-OH is 1. The molecule has 0 radical (unpaired) electrons. The fraction of sp³-hybridized carbons (Fsp3) is 0.357. The number of nitrogens with zero attached hydrogens (tertiary/aromatic N) is 2. The van der Waals surface area contributed by atoms with Gasteiger partial charge in [0.25, 0.3) is 0 Å². The number of aryl methyl sites for hydroxylation is 1. The van der Waals surface area contributed by atoms with Crippen molar-refractivity contribution >= 4 is 0 Å². The van der Waals surface area contributed by atoms with E-state index in [4.69, 9.17) is 0 Å². The SMILES string of the molecule is CC(NC(CO)c1ccccc1)c1cnn(C)c1. The molecule has 0 saturated carbocycles. The molecule has 2 atom stereocenters. The molecule has 0 spiro atoms. The number of aromatic nitrogens is 2. The van der Waals surface area contributed by atoms with E-state index >= 15 is 0 Å². The van der Waals surface area contributed by atoms with Crippen LogP contribution in [0, 0.1) is 0 Å². The first-order valence-corrected chi connectivity index (χ1v) is 6.11. The van der Waals surface area contributed by atoms with Crippen molar-refractivity contribution in [3.63, 3.8) is 0 Å². The van der Waals surface area contributed by atoms with E-state index in [0.29, 0.717) is 0 Å². The van der Waals surface area contributed by atoms with Crippen molar-refractivity contribution in [3.05, 3.63) is 53.9 Å². The summed E-state index contributed by atoms with van der Waals surface area (Å²) >= 11 is 0. The molecule has 1 aromatic heterocycles. The van der Waals surface area contributed by atoms with Crippen molar-refractivity contribution in [2.24, 2.45) is 7.05 Å². The number of aliphatic hydroxyl groups is 1. The van der Waals surface area contributed by atoms with Crippen LogP contribution in [0.4, 0.5) is 0 Å². The lowest BCUT2D eigenvalue weighted by molar-refractivity contribution is 0.235. The van der Waals surface area contributed by atoms with E-state index in [0.717, 1.165) is 11.1 Å². The molecule has 0 aliphatic heterocycles. The van der Waals surface area contributed by atoms with Gasteiger partial charge in [-0.25, -0.2) is 0 Å². The molecule has 18 heavy (non-hydrogen) atoms. The van der Waals surface area contributed by atoms with Crippen LogP contribution in [-0.4, -0.2) is 21.5 Å². The van der Waals surface area contributed by atoms with Crippen LogP contribution >= 0.6 is 0 Å². The molecule has 1 heterocycles. The van der Waals surface area contributed by atoms with Gasteiger partial charge < -0.3 is 10.4 Å². The summed E-state index contributed by atoms with van der Waals surface area (Å²) in [5.41, 5.74) is 2.21. The van der Waals surface area contributed by atoms with Gasteiger partial charge in [0.1, 0.15) is 0 Å². The van der Waals surface area contributed by atoms with Gasteiger partial charge in [-0.15, -0.1) is 0 Å². The fourth-order valence-electron chi connectivity index (χ4n) is 2.00. The summed E-state index contributed by atoms with van der Waals surface area (Å²) < 4.78 is 1.78. The van der Waals surface area contributed by atoms with Gasteiger partial charge in [0, 0.05) is 24.8 Å². The molecular formula is C14H19N3O. The first kappa shape index (κ1) is 12.8. The van der Waals surface area contributed by atoms with Crippen LogP contribution in [0.5, 0.6) is 0 Å². The maximum Gasteiger partial charge on any atom is 0.0626 e. The summed E-state index contributed by atoms with van der Waals surface area (Å²) in [6, 6.07) is 10.1. The highest BCUT2D eigenvalue weighted by atomic mass is 16.3. The van der Waals surface area contributed by atoms with Gasteiger partial charge in [-0.05, 0) is 12.5 Å². The standard InChI is InChI=1S/C14H19N3O/c1-11(13-8-15-17(2)9-13)16-14(10-18)12-6-4-3-5-7-12/h3-9,11,14,16,18H,10H2,1-2H3. The van der Waals surface area contributed by atoms with E-state index in [9.17, 15) is 5.11 Å². The number of hydrogen-bond donors (Lipinski definition) is 2. The van der Waals surface area contributed by atoms with Gasteiger partial charge in [-0.3, -0.25) is 4.68 Å². The third-order valence-electron chi connectivity index (χ3n) is 3.06. The first-order chi connectivity index (χ1) is 8.70. The number of benzene rings is 1. The van der Waals surface area contributed by atoms with Gasteiger partial charge in [-0.2, -0.15) is 5.10 Å². The largest absolute Gasteiger partial charge is 0.394 e. The van der Waals surface area contributed by atoms with Crippen molar-refractivity contribution in [2.75, 3.05) is 6.61 Å². The van der Waals surface area contributed by atoms with Crippen LogP contribution in [0.15, 0.2) is 42.7 Å². The quantitative estimate of drug-likeness (QED) is 0.844. The van der Waals surface area contributed by atoms with Gasteiger partial charge >= 0.3 is 0 Å². The van der Waals surface area contributed by atoms with Gasteiger partial charge in [0.05, 0.1) is 18.8 Å². The highest BCUT2D eigenvalue weighted by Crippen LogP contribution is 2.18. The van der Waals surface area contributed by atoms with Gasteiger partial charge in [-0.1, -0.05) is 30.3 Å². The van der Waals surface area contributed by atoms with Crippen LogP contribution in [0.25, 0.3) is 0 Å². The van der Waals surface area contributed by atoms with Crippen molar-refractivity contribution < 1.29 is 5.11 Å². The van der Waals surface area contributed by atoms with E-state index in [-0.39, 0.29) is 18.7 Å². The molecule has 0 fully saturated rings. The van der Waals surface area contributed by atoms with Crippen LogP contribution in [0.2, 0.25) is 0 Å². The maximum atomic E-state index is 9.50. The Hall–Kier alpha value is -1.65. The normalized spacial score (nSPS) is 14.4. The summed E-state index contributed by atoms with van der Waals surface area (Å²) in [6.45, 7) is 2.15. The number of nitrogens with one attached hydrogen (secondary N) is 1.